The van der Waals surface area contributed by atoms with Gasteiger partial charge in [-0.3, -0.25) is 9.59 Å². The lowest BCUT2D eigenvalue weighted by Gasteiger charge is -2.59. The van der Waals surface area contributed by atoms with Crippen LogP contribution in [-0.2, 0) is 9.59 Å². The first-order chi connectivity index (χ1) is 26.5. The van der Waals surface area contributed by atoms with Crippen molar-refractivity contribution < 1.29 is 14.4 Å². The number of thioether (sulfide) groups is 1. The quantitative estimate of drug-likeness (QED) is 0.0455. The van der Waals surface area contributed by atoms with Gasteiger partial charge >= 0.3 is 6.03 Å². The maximum atomic E-state index is 12.4. The standard InChI is InChI=1S/C46H79N5O3S/c1-31(2)13-11-14-32(3)36-20-21-37-35-19-18-33-29-34(22-24-45(33,4)38(35)23-25-46(36,37)5)47-27-12-28-49-41(52)16-7-6-10-26-48-42(53)17-9-8-15-40-43-39(30-55-40)50-44(54)51-43/h18-19,31-40,43,47H,6-17,20-30H2,1-5H3,(H,48,53)(H,49,52)(H2,50,51,54)/t32-,33?,34+,35?,36-,37?,38?,39+,40?,43+,45+,46-/m1/s1. The molecule has 5 unspecified atom stereocenters. The van der Waals surface area contributed by atoms with Crippen molar-refractivity contribution in [1.82, 2.24) is 26.6 Å². The molecular formula is C46H79N5O3S. The summed E-state index contributed by atoms with van der Waals surface area (Å²) in [5, 5.41) is 16.5. The summed E-state index contributed by atoms with van der Waals surface area (Å²) in [7, 11) is 0. The molecule has 0 bridgehead atoms. The summed E-state index contributed by atoms with van der Waals surface area (Å²) in [6.45, 7) is 15.1. The summed E-state index contributed by atoms with van der Waals surface area (Å²) in [4.78, 5) is 36.2. The van der Waals surface area contributed by atoms with E-state index < -0.39 is 0 Å². The molecule has 2 heterocycles. The fraction of sp³-hybridized carbons (Fsp3) is 0.891. The van der Waals surface area contributed by atoms with Crippen molar-refractivity contribution in [3.63, 3.8) is 0 Å². The minimum atomic E-state index is -0.0415. The monoisotopic (exact) mass is 782 g/mol. The minimum Gasteiger partial charge on any atom is -0.356 e. The van der Waals surface area contributed by atoms with E-state index in [4.69, 9.17) is 0 Å². The average Bonchev–Trinajstić information content (AvgIpc) is 3.82. The van der Waals surface area contributed by atoms with Crippen molar-refractivity contribution in [2.24, 2.45) is 52.3 Å². The molecule has 5 N–H and O–H groups in total. The number of carbonyl (C=O) groups is 3. The van der Waals surface area contributed by atoms with E-state index in [0.717, 1.165) is 99.3 Å². The lowest BCUT2D eigenvalue weighted by molar-refractivity contribution is -0.122. The third kappa shape index (κ3) is 10.7. The Hall–Kier alpha value is -1.74. The van der Waals surface area contributed by atoms with E-state index in [-0.39, 0.29) is 29.9 Å². The van der Waals surface area contributed by atoms with Crippen LogP contribution in [0.3, 0.4) is 0 Å². The summed E-state index contributed by atoms with van der Waals surface area (Å²) < 4.78 is 0. The normalized spacial score (nSPS) is 36.7. The molecule has 312 valence electrons. The largest absolute Gasteiger partial charge is 0.356 e. The number of hydrogen-bond donors (Lipinski definition) is 5. The highest BCUT2D eigenvalue weighted by Gasteiger charge is 2.59. The summed E-state index contributed by atoms with van der Waals surface area (Å²) in [6.07, 6.45) is 27.1. The Morgan fingerprint density at radius 1 is 0.800 bits per heavy atom. The molecule has 4 amide bonds. The predicted octanol–water partition coefficient (Wildman–Crippen LogP) is 8.75. The van der Waals surface area contributed by atoms with Gasteiger partial charge in [-0.25, -0.2) is 4.79 Å². The fourth-order valence-electron chi connectivity index (χ4n) is 12.7. The van der Waals surface area contributed by atoms with E-state index in [1.807, 2.05) is 11.8 Å². The fourth-order valence-corrected chi connectivity index (χ4v) is 14.3. The maximum Gasteiger partial charge on any atom is 0.315 e. The number of fused-ring (bicyclic) bond motifs is 6. The maximum absolute atomic E-state index is 12.4. The highest BCUT2D eigenvalue weighted by atomic mass is 32.2. The molecule has 55 heavy (non-hydrogen) atoms. The van der Waals surface area contributed by atoms with E-state index in [1.54, 1.807) is 0 Å². The topological polar surface area (TPSA) is 111 Å². The van der Waals surface area contributed by atoms with Gasteiger partial charge in [-0.15, -0.1) is 0 Å². The van der Waals surface area contributed by atoms with E-state index in [0.29, 0.717) is 47.4 Å². The molecule has 4 aliphatic carbocycles. The zero-order chi connectivity index (χ0) is 39.0. The van der Waals surface area contributed by atoms with Crippen LogP contribution < -0.4 is 26.6 Å². The zero-order valence-electron chi connectivity index (χ0n) is 35.4. The molecule has 0 aromatic rings. The van der Waals surface area contributed by atoms with Gasteiger partial charge in [0.15, 0.2) is 0 Å². The first-order valence-corrected chi connectivity index (χ1v) is 24.2. The Bertz CT molecular complexity index is 1310. The van der Waals surface area contributed by atoms with Gasteiger partial charge in [0.25, 0.3) is 0 Å². The van der Waals surface area contributed by atoms with Crippen molar-refractivity contribution >= 4 is 29.6 Å². The molecule has 5 fully saturated rings. The van der Waals surface area contributed by atoms with E-state index in [2.05, 4.69) is 73.4 Å². The van der Waals surface area contributed by atoms with Gasteiger partial charge in [0, 0.05) is 43.0 Å². The number of carbonyl (C=O) groups excluding carboxylic acids is 3. The Morgan fingerprint density at radius 3 is 2.31 bits per heavy atom. The lowest BCUT2D eigenvalue weighted by atomic mass is 9.46. The van der Waals surface area contributed by atoms with Gasteiger partial charge in [-0.2, -0.15) is 11.8 Å². The van der Waals surface area contributed by atoms with Crippen LogP contribution in [0.1, 0.15) is 157 Å². The zero-order valence-corrected chi connectivity index (χ0v) is 36.2. The van der Waals surface area contributed by atoms with E-state index in [1.165, 1.54) is 64.2 Å². The summed E-state index contributed by atoms with van der Waals surface area (Å²) in [5.41, 5.74) is 0.990. The number of hydrogen-bond acceptors (Lipinski definition) is 5. The second-order valence-corrected chi connectivity index (χ2v) is 21.2. The number of urea groups is 1. The van der Waals surface area contributed by atoms with Gasteiger partial charge < -0.3 is 26.6 Å². The van der Waals surface area contributed by atoms with Gasteiger partial charge in [0.05, 0.1) is 12.1 Å². The Balaban J connectivity index is 0.784. The van der Waals surface area contributed by atoms with Crippen molar-refractivity contribution in [3.05, 3.63) is 12.2 Å². The van der Waals surface area contributed by atoms with Gasteiger partial charge in [0.1, 0.15) is 0 Å². The number of allylic oxidation sites excluding steroid dienone is 2. The van der Waals surface area contributed by atoms with Gasteiger partial charge in [-0.1, -0.05) is 78.9 Å². The van der Waals surface area contributed by atoms with Crippen LogP contribution in [0.2, 0.25) is 0 Å². The highest BCUT2D eigenvalue weighted by molar-refractivity contribution is 8.00. The molecule has 3 saturated carbocycles. The van der Waals surface area contributed by atoms with Crippen molar-refractivity contribution in [3.8, 4) is 0 Å². The molecule has 8 nitrogen and oxygen atoms in total. The van der Waals surface area contributed by atoms with Crippen LogP contribution in [0.4, 0.5) is 4.79 Å². The van der Waals surface area contributed by atoms with Gasteiger partial charge in [0.2, 0.25) is 11.8 Å². The highest BCUT2D eigenvalue weighted by Crippen LogP contribution is 2.67. The van der Waals surface area contributed by atoms with E-state index >= 15 is 0 Å². The van der Waals surface area contributed by atoms with Gasteiger partial charge in [-0.05, 0) is 136 Å². The van der Waals surface area contributed by atoms with Crippen LogP contribution in [-0.4, -0.2) is 66.6 Å². The Labute approximate surface area is 339 Å². The minimum absolute atomic E-state index is 0.0415. The Kier molecular flexibility index (Phi) is 15.4. The van der Waals surface area contributed by atoms with Crippen LogP contribution in [0.5, 0.6) is 0 Å². The van der Waals surface area contributed by atoms with Crippen LogP contribution >= 0.6 is 11.8 Å². The second-order valence-electron chi connectivity index (χ2n) is 20.0. The summed E-state index contributed by atoms with van der Waals surface area (Å²) in [5.74, 6) is 7.10. The SMILES string of the molecule is CC(C)CCC[C@@H](C)[C@H]1CCC2C3C=CC4C[C@@H](NCCCNC(=O)CCCCCNC(=O)CCCCC5SC[C@@H]6NC(=O)N[C@H]56)CC[C@]4(C)C3CC[C@@]21C. The lowest BCUT2D eigenvalue weighted by Crippen LogP contribution is -2.53. The second kappa shape index (κ2) is 19.8. The van der Waals surface area contributed by atoms with Crippen LogP contribution in [0, 0.1) is 52.3 Å². The van der Waals surface area contributed by atoms with E-state index in [9.17, 15) is 14.4 Å². The third-order valence-electron chi connectivity index (χ3n) is 16.0. The first kappa shape index (κ1) is 42.9. The molecule has 12 atom stereocenters. The molecule has 0 aromatic heterocycles. The molecule has 0 spiro atoms. The molecular weight excluding hydrogens is 703 g/mol. The molecule has 0 radical (unpaired) electrons. The summed E-state index contributed by atoms with van der Waals surface area (Å²) >= 11 is 1.93. The van der Waals surface area contributed by atoms with Crippen LogP contribution in [0.25, 0.3) is 0 Å². The van der Waals surface area contributed by atoms with Crippen molar-refractivity contribution in [1.29, 1.82) is 0 Å². The molecule has 2 aliphatic heterocycles. The first-order valence-electron chi connectivity index (χ1n) is 23.1. The Morgan fingerprint density at radius 2 is 1.53 bits per heavy atom. The molecule has 2 saturated heterocycles. The number of unbranched alkanes of at least 4 members (excludes halogenated alkanes) is 3. The molecule has 6 aliphatic rings. The molecule has 6 rings (SSSR count). The van der Waals surface area contributed by atoms with Crippen LogP contribution in [0.15, 0.2) is 12.2 Å². The smallest absolute Gasteiger partial charge is 0.315 e. The number of nitrogens with one attached hydrogen (secondary N) is 5. The van der Waals surface area contributed by atoms with Crippen molar-refractivity contribution in [2.75, 3.05) is 25.4 Å². The molecule has 9 heteroatoms. The number of rotatable bonds is 21. The number of amides is 4. The molecule has 0 aromatic carbocycles. The average molecular weight is 782 g/mol. The summed E-state index contributed by atoms with van der Waals surface area (Å²) in [6, 6.07) is 1.05. The third-order valence-corrected chi connectivity index (χ3v) is 17.5. The van der Waals surface area contributed by atoms with Crippen molar-refractivity contribution in [2.45, 2.75) is 180 Å². The predicted molar refractivity (Wildman–Crippen MR) is 228 cm³/mol.